The van der Waals surface area contributed by atoms with Crippen LogP contribution in [0.4, 0.5) is 0 Å². The van der Waals surface area contributed by atoms with Crippen molar-refractivity contribution in [1.29, 1.82) is 0 Å². The lowest BCUT2D eigenvalue weighted by Gasteiger charge is -2.19. The van der Waals surface area contributed by atoms with Gasteiger partial charge >= 0.3 is 5.97 Å². The molecule has 23 heavy (non-hydrogen) atoms. The van der Waals surface area contributed by atoms with Gasteiger partial charge in [-0.1, -0.05) is 32.9 Å². The van der Waals surface area contributed by atoms with Crippen LogP contribution < -0.4 is 10.6 Å². The maximum atomic E-state index is 12.0. The van der Waals surface area contributed by atoms with Crippen LogP contribution in [-0.4, -0.2) is 35.5 Å². The van der Waals surface area contributed by atoms with Crippen molar-refractivity contribution < 1.29 is 19.5 Å². The molecule has 0 spiro atoms. The second kappa shape index (κ2) is 7.76. The number of benzene rings is 1. The highest BCUT2D eigenvalue weighted by Crippen LogP contribution is 2.22. The predicted octanol–water partition coefficient (Wildman–Crippen LogP) is 1.69. The van der Waals surface area contributed by atoms with Crippen molar-refractivity contribution in [3.63, 3.8) is 0 Å². The van der Waals surface area contributed by atoms with Gasteiger partial charge in [0, 0.05) is 11.6 Å². The predicted molar refractivity (Wildman–Crippen MR) is 87.3 cm³/mol. The second-order valence-electron chi connectivity index (χ2n) is 6.58. The average molecular weight is 320 g/mol. The summed E-state index contributed by atoms with van der Waals surface area (Å²) in [4.78, 5) is 34.1. The molecule has 1 aromatic carbocycles. The second-order valence-corrected chi connectivity index (χ2v) is 6.58. The van der Waals surface area contributed by atoms with E-state index in [1.54, 1.807) is 19.1 Å². The molecule has 0 aromatic heterocycles. The molecule has 1 unspecified atom stereocenters. The first-order valence-corrected chi connectivity index (χ1v) is 7.49. The minimum Gasteiger partial charge on any atom is -0.481 e. The zero-order chi connectivity index (χ0) is 17.6. The molecule has 1 rings (SSSR count). The van der Waals surface area contributed by atoms with E-state index < -0.39 is 17.9 Å². The molecular weight excluding hydrogens is 296 g/mol. The van der Waals surface area contributed by atoms with E-state index >= 15 is 0 Å². The summed E-state index contributed by atoms with van der Waals surface area (Å²) >= 11 is 0. The zero-order valence-electron chi connectivity index (χ0n) is 14.0. The van der Waals surface area contributed by atoms with E-state index in [2.05, 4.69) is 31.4 Å². The molecule has 0 saturated heterocycles. The van der Waals surface area contributed by atoms with Crippen LogP contribution in [0.25, 0.3) is 0 Å². The minimum absolute atomic E-state index is 0.00910. The molecule has 126 valence electrons. The van der Waals surface area contributed by atoms with Crippen LogP contribution in [0.2, 0.25) is 0 Å². The fourth-order valence-electron chi connectivity index (χ4n) is 2.02. The average Bonchev–Trinajstić information content (AvgIpc) is 2.43. The lowest BCUT2D eigenvalue weighted by molar-refractivity contribution is -0.137. The summed E-state index contributed by atoms with van der Waals surface area (Å²) < 4.78 is 0. The number of carboxylic acid groups (broad SMARTS) is 1. The Morgan fingerprint density at radius 3 is 2.17 bits per heavy atom. The quantitative estimate of drug-likeness (QED) is 0.743. The van der Waals surface area contributed by atoms with Crippen LogP contribution in [0.15, 0.2) is 24.3 Å². The number of aliphatic carboxylic acids is 1. The molecule has 3 N–H and O–H groups in total. The number of amides is 2. The van der Waals surface area contributed by atoms with Gasteiger partial charge in [-0.15, -0.1) is 0 Å². The number of carboxylic acids is 1. The normalized spacial score (nSPS) is 12.3. The summed E-state index contributed by atoms with van der Waals surface area (Å²) in [5.41, 5.74) is 1.61. The van der Waals surface area contributed by atoms with Crippen molar-refractivity contribution in [2.45, 2.75) is 45.6 Å². The highest BCUT2D eigenvalue weighted by molar-refractivity contribution is 5.96. The number of carbonyl (C=O) groups is 3. The Kier molecular flexibility index (Phi) is 6.30. The molecule has 1 aromatic rings. The fraction of sp³-hybridized carbons (Fsp3) is 0.471. The van der Waals surface area contributed by atoms with Crippen LogP contribution >= 0.6 is 0 Å². The monoisotopic (exact) mass is 320 g/mol. The highest BCUT2D eigenvalue weighted by Gasteiger charge is 2.15. The van der Waals surface area contributed by atoms with Gasteiger partial charge in [0.05, 0.1) is 13.0 Å². The Morgan fingerprint density at radius 2 is 1.70 bits per heavy atom. The molecule has 2 amide bonds. The van der Waals surface area contributed by atoms with E-state index in [1.165, 1.54) is 0 Å². The SMILES string of the molecule is CC(CC(=O)O)NC(=O)CNC(=O)c1ccc(C(C)(C)C)cc1. The Balaban J connectivity index is 2.50. The van der Waals surface area contributed by atoms with Gasteiger partial charge in [0.25, 0.3) is 5.91 Å². The molecule has 0 aliphatic rings. The van der Waals surface area contributed by atoms with Gasteiger partial charge in [-0.25, -0.2) is 0 Å². The summed E-state index contributed by atoms with van der Waals surface area (Å²) in [6.45, 7) is 7.67. The third-order valence-corrected chi connectivity index (χ3v) is 3.31. The van der Waals surface area contributed by atoms with Gasteiger partial charge in [-0.2, -0.15) is 0 Å². The molecule has 0 aliphatic carbocycles. The number of carbonyl (C=O) groups excluding carboxylic acids is 2. The Labute approximate surface area is 136 Å². The van der Waals surface area contributed by atoms with E-state index in [0.717, 1.165) is 5.56 Å². The maximum Gasteiger partial charge on any atom is 0.305 e. The summed E-state index contributed by atoms with van der Waals surface area (Å²) in [5.74, 6) is -1.74. The molecule has 0 aliphatic heterocycles. The lowest BCUT2D eigenvalue weighted by atomic mass is 9.87. The van der Waals surface area contributed by atoms with E-state index in [-0.39, 0.29) is 24.3 Å². The molecule has 0 heterocycles. The van der Waals surface area contributed by atoms with Crippen molar-refractivity contribution in [2.24, 2.45) is 0 Å². The number of rotatable bonds is 6. The van der Waals surface area contributed by atoms with Gasteiger partial charge in [0.2, 0.25) is 5.91 Å². The number of nitrogens with one attached hydrogen (secondary N) is 2. The Morgan fingerprint density at radius 1 is 1.13 bits per heavy atom. The van der Waals surface area contributed by atoms with Gasteiger partial charge in [0.15, 0.2) is 0 Å². The van der Waals surface area contributed by atoms with Crippen LogP contribution in [-0.2, 0) is 15.0 Å². The molecule has 6 heteroatoms. The van der Waals surface area contributed by atoms with Gasteiger partial charge in [0.1, 0.15) is 0 Å². The Bertz CT molecular complexity index is 573. The maximum absolute atomic E-state index is 12.0. The van der Waals surface area contributed by atoms with E-state index in [9.17, 15) is 14.4 Å². The zero-order valence-corrected chi connectivity index (χ0v) is 14.0. The largest absolute Gasteiger partial charge is 0.481 e. The van der Waals surface area contributed by atoms with E-state index in [1.807, 2.05) is 12.1 Å². The van der Waals surface area contributed by atoms with Crippen molar-refractivity contribution in [1.82, 2.24) is 10.6 Å². The first-order valence-electron chi connectivity index (χ1n) is 7.49. The molecule has 1 atom stereocenters. The minimum atomic E-state index is -0.985. The molecular formula is C17H24N2O4. The smallest absolute Gasteiger partial charge is 0.305 e. The van der Waals surface area contributed by atoms with Gasteiger partial charge in [-0.3, -0.25) is 14.4 Å². The first kappa shape index (κ1) is 18.7. The van der Waals surface area contributed by atoms with Gasteiger partial charge in [-0.05, 0) is 30.0 Å². The Hall–Kier alpha value is -2.37. The van der Waals surface area contributed by atoms with Crippen molar-refractivity contribution in [3.05, 3.63) is 35.4 Å². The molecule has 0 fully saturated rings. The summed E-state index contributed by atoms with van der Waals surface area (Å²) in [7, 11) is 0. The summed E-state index contributed by atoms with van der Waals surface area (Å²) in [6, 6.07) is 6.75. The van der Waals surface area contributed by atoms with Crippen molar-refractivity contribution in [2.75, 3.05) is 6.54 Å². The number of hydrogen-bond acceptors (Lipinski definition) is 3. The van der Waals surface area contributed by atoms with Crippen LogP contribution in [0.5, 0.6) is 0 Å². The molecule has 0 bridgehead atoms. The fourth-order valence-corrected chi connectivity index (χ4v) is 2.02. The highest BCUT2D eigenvalue weighted by atomic mass is 16.4. The van der Waals surface area contributed by atoms with E-state index in [0.29, 0.717) is 5.56 Å². The third-order valence-electron chi connectivity index (χ3n) is 3.31. The third kappa shape index (κ3) is 6.50. The first-order chi connectivity index (χ1) is 10.6. The topological polar surface area (TPSA) is 95.5 Å². The molecule has 0 radical (unpaired) electrons. The standard InChI is InChI=1S/C17H24N2O4/c1-11(9-15(21)22)19-14(20)10-18-16(23)12-5-7-13(8-6-12)17(2,3)4/h5-8,11H,9-10H2,1-4H3,(H,18,23)(H,19,20)(H,21,22). The van der Waals surface area contributed by atoms with Crippen LogP contribution in [0, 0.1) is 0 Å². The molecule has 0 saturated carbocycles. The number of hydrogen-bond donors (Lipinski definition) is 3. The van der Waals surface area contributed by atoms with Crippen LogP contribution in [0.3, 0.4) is 0 Å². The molecule has 6 nitrogen and oxygen atoms in total. The van der Waals surface area contributed by atoms with Crippen molar-refractivity contribution >= 4 is 17.8 Å². The van der Waals surface area contributed by atoms with Gasteiger partial charge < -0.3 is 15.7 Å². The summed E-state index contributed by atoms with van der Waals surface area (Å²) in [6.07, 6.45) is -0.159. The van der Waals surface area contributed by atoms with Crippen LogP contribution in [0.1, 0.15) is 50.0 Å². The summed E-state index contributed by atoms with van der Waals surface area (Å²) in [5, 5.41) is 13.7. The lowest BCUT2D eigenvalue weighted by Crippen LogP contribution is -2.41. The van der Waals surface area contributed by atoms with Crippen molar-refractivity contribution in [3.8, 4) is 0 Å². The van der Waals surface area contributed by atoms with E-state index in [4.69, 9.17) is 5.11 Å².